The zero-order valence-corrected chi connectivity index (χ0v) is 12.8. The van der Waals surface area contributed by atoms with E-state index in [2.05, 4.69) is 5.32 Å². The van der Waals surface area contributed by atoms with Gasteiger partial charge in [-0.15, -0.1) is 0 Å². The Bertz CT molecular complexity index is 707. The number of rotatable bonds is 6. The summed E-state index contributed by atoms with van der Waals surface area (Å²) in [5, 5.41) is 2.54. The Hall–Kier alpha value is -3.08. The van der Waals surface area contributed by atoms with Gasteiger partial charge in [0.2, 0.25) is 0 Å². The van der Waals surface area contributed by atoms with Gasteiger partial charge in [0.25, 0.3) is 11.8 Å². The number of nitrogens with two attached hydrogens (primary N) is 1. The molecule has 0 aromatic heterocycles. The number of hydrogen-bond donors (Lipinski definition) is 2. The van der Waals surface area contributed by atoms with Crippen LogP contribution in [-0.4, -0.2) is 18.4 Å². The molecule has 0 aliphatic rings. The van der Waals surface area contributed by atoms with Crippen LogP contribution in [0, 0.1) is 0 Å². The van der Waals surface area contributed by atoms with Crippen LogP contribution in [0.2, 0.25) is 0 Å². The van der Waals surface area contributed by atoms with Gasteiger partial charge in [-0.2, -0.15) is 0 Å². The average Bonchev–Trinajstić information content (AvgIpc) is 2.57. The quantitative estimate of drug-likeness (QED) is 0.804. The first-order valence-electron chi connectivity index (χ1n) is 7.21. The second kappa shape index (κ2) is 7.79. The Morgan fingerprint density at radius 2 is 1.74 bits per heavy atom. The first-order valence-corrected chi connectivity index (χ1v) is 7.21. The topological polar surface area (TPSA) is 81.4 Å². The van der Waals surface area contributed by atoms with E-state index in [1.165, 1.54) is 6.08 Å². The van der Waals surface area contributed by atoms with Crippen molar-refractivity contribution < 1.29 is 14.3 Å². The minimum absolute atomic E-state index is 0.0306. The van der Waals surface area contributed by atoms with Gasteiger partial charge in [-0.25, -0.2) is 0 Å². The second-order valence-corrected chi connectivity index (χ2v) is 4.74. The molecule has 0 aliphatic carbocycles. The summed E-state index contributed by atoms with van der Waals surface area (Å²) in [7, 11) is 0. The van der Waals surface area contributed by atoms with Crippen molar-refractivity contribution in [3.05, 3.63) is 71.4 Å². The van der Waals surface area contributed by atoms with E-state index in [1.807, 2.05) is 13.0 Å². The third-order valence-corrected chi connectivity index (χ3v) is 3.05. The van der Waals surface area contributed by atoms with Crippen molar-refractivity contribution in [2.24, 2.45) is 5.73 Å². The van der Waals surface area contributed by atoms with Gasteiger partial charge in [0, 0.05) is 5.56 Å². The van der Waals surface area contributed by atoms with Gasteiger partial charge in [-0.3, -0.25) is 9.59 Å². The smallest absolute Gasteiger partial charge is 0.265 e. The zero-order valence-electron chi connectivity index (χ0n) is 12.8. The number of carbonyl (C=O) groups excluding carboxylic acids is 2. The number of carbonyl (C=O) groups is 2. The average molecular weight is 310 g/mol. The Morgan fingerprint density at radius 3 is 2.30 bits per heavy atom. The lowest BCUT2D eigenvalue weighted by Crippen LogP contribution is -2.31. The largest absolute Gasteiger partial charge is 0.494 e. The SMILES string of the molecule is CCOc1ccc(C=C(NC(=O)c2ccccc2)C(N)=O)cc1. The van der Waals surface area contributed by atoms with Crippen LogP contribution in [0.1, 0.15) is 22.8 Å². The number of primary amides is 1. The summed E-state index contributed by atoms with van der Waals surface area (Å²) in [6.07, 6.45) is 1.53. The molecule has 2 amide bonds. The second-order valence-electron chi connectivity index (χ2n) is 4.74. The summed E-state index contributed by atoms with van der Waals surface area (Å²) >= 11 is 0. The van der Waals surface area contributed by atoms with E-state index >= 15 is 0 Å². The highest BCUT2D eigenvalue weighted by Crippen LogP contribution is 2.14. The van der Waals surface area contributed by atoms with Gasteiger partial charge in [0.1, 0.15) is 11.4 Å². The van der Waals surface area contributed by atoms with Crippen molar-refractivity contribution in [2.45, 2.75) is 6.92 Å². The molecule has 0 saturated carbocycles. The molecule has 0 atom stereocenters. The highest BCUT2D eigenvalue weighted by molar-refractivity contribution is 6.04. The minimum Gasteiger partial charge on any atom is -0.494 e. The molecule has 2 aromatic rings. The predicted molar refractivity (Wildman–Crippen MR) is 88.7 cm³/mol. The molecule has 0 fully saturated rings. The molecule has 5 heteroatoms. The molecule has 0 radical (unpaired) electrons. The molecule has 3 N–H and O–H groups in total. The summed E-state index contributed by atoms with van der Waals surface area (Å²) in [4.78, 5) is 23.7. The van der Waals surface area contributed by atoms with Crippen LogP contribution in [0.25, 0.3) is 6.08 Å². The maximum absolute atomic E-state index is 12.1. The van der Waals surface area contributed by atoms with E-state index in [-0.39, 0.29) is 11.6 Å². The molecular weight excluding hydrogens is 292 g/mol. The van der Waals surface area contributed by atoms with Crippen LogP contribution in [0.5, 0.6) is 5.75 Å². The summed E-state index contributed by atoms with van der Waals surface area (Å²) < 4.78 is 5.35. The highest BCUT2D eigenvalue weighted by Gasteiger charge is 2.11. The summed E-state index contributed by atoms with van der Waals surface area (Å²) in [5.41, 5.74) is 6.55. The van der Waals surface area contributed by atoms with E-state index in [0.29, 0.717) is 12.2 Å². The van der Waals surface area contributed by atoms with E-state index < -0.39 is 5.91 Å². The monoisotopic (exact) mass is 310 g/mol. The number of ether oxygens (including phenoxy) is 1. The Balaban J connectivity index is 2.17. The molecule has 2 aromatic carbocycles. The number of nitrogens with one attached hydrogen (secondary N) is 1. The van der Waals surface area contributed by atoms with Crippen LogP contribution in [-0.2, 0) is 4.79 Å². The third kappa shape index (κ3) is 4.71. The molecule has 0 aliphatic heterocycles. The zero-order chi connectivity index (χ0) is 16.7. The van der Waals surface area contributed by atoms with Crippen LogP contribution in [0.4, 0.5) is 0 Å². The van der Waals surface area contributed by atoms with Gasteiger partial charge in [0.15, 0.2) is 0 Å². The molecule has 5 nitrogen and oxygen atoms in total. The maximum atomic E-state index is 12.1. The Kier molecular flexibility index (Phi) is 5.52. The Labute approximate surface area is 134 Å². The van der Waals surface area contributed by atoms with Crippen LogP contribution < -0.4 is 15.8 Å². The van der Waals surface area contributed by atoms with Gasteiger partial charge >= 0.3 is 0 Å². The molecule has 118 valence electrons. The lowest BCUT2D eigenvalue weighted by Gasteiger charge is -2.07. The van der Waals surface area contributed by atoms with Gasteiger partial charge < -0.3 is 15.8 Å². The first-order chi connectivity index (χ1) is 11.1. The molecule has 0 heterocycles. The van der Waals surface area contributed by atoms with E-state index in [1.54, 1.807) is 48.5 Å². The number of amides is 2. The third-order valence-electron chi connectivity index (χ3n) is 3.05. The van der Waals surface area contributed by atoms with Gasteiger partial charge in [0.05, 0.1) is 6.61 Å². The highest BCUT2D eigenvalue weighted by atomic mass is 16.5. The summed E-state index contributed by atoms with van der Waals surface area (Å²) in [5.74, 6) is -0.358. The van der Waals surface area contributed by atoms with Crippen molar-refractivity contribution in [2.75, 3.05) is 6.61 Å². The number of hydrogen-bond acceptors (Lipinski definition) is 3. The predicted octanol–water partition coefficient (Wildman–Crippen LogP) is 2.34. The minimum atomic E-state index is -0.705. The van der Waals surface area contributed by atoms with E-state index in [0.717, 1.165) is 11.3 Å². The fraction of sp³-hybridized carbons (Fsp3) is 0.111. The molecule has 23 heavy (non-hydrogen) atoms. The van der Waals surface area contributed by atoms with E-state index in [4.69, 9.17) is 10.5 Å². The normalized spacial score (nSPS) is 10.9. The molecule has 0 bridgehead atoms. The van der Waals surface area contributed by atoms with Crippen molar-refractivity contribution in [1.29, 1.82) is 0 Å². The lowest BCUT2D eigenvalue weighted by molar-refractivity contribution is -0.114. The molecule has 2 rings (SSSR count). The summed E-state index contributed by atoms with van der Waals surface area (Å²) in [6.45, 7) is 2.48. The summed E-state index contributed by atoms with van der Waals surface area (Å²) in [6, 6.07) is 15.7. The Morgan fingerprint density at radius 1 is 1.09 bits per heavy atom. The van der Waals surface area contributed by atoms with Crippen LogP contribution in [0.15, 0.2) is 60.3 Å². The standard InChI is InChI=1S/C18H18N2O3/c1-2-23-15-10-8-13(9-11-15)12-16(17(19)21)20-18(22)14-6-4-3-5-7-14/h3-12H,2H2,1H3,(H2,19,21)(H,20,22). The number of benzene rings is 2. The van der Waals surface area contributed by atoms with Crippen molar-refractivity contribution >= 4 is 17.9 Å². The first kappa shape index (κ1) is 16.3. The van der Waals surface area contributed by atoms with Crippen molar-refractivity contribution in [3.63, 3.8) is 0 Å². The molecule has 0 spiro atoms. The lowest BCUT2D eigenvalue weighted by atomic mass is 10.1. The molecule has 0 unspecified atom stereocenters. The van der Waals surface area contributed by atoms with Gasteiger partial charge in [-0.05, 0) is 42.8 Å². The van der Waals surface area contributed by atoms with Crippen molar-refractivity contribution in [3.8, 4) is 5.75 Å². The van der Waals surface area contributed by atoms with Crippen LogP contribution >= 0.6 is 0 Å². The van der Waals surface area contributed by atoms with E-state index in [9.17, 15) is 9.59 Å². The maximum Gasteiger partial charge on any atom is 0.265 e. The fourth-order valence-corrected chi connectivity index (χ4v) is 1.95. The fourth-order valence-electron chi connectivity index (χ4n) is 1.95. The van der Waals surface area contributed by atoms with Gasteiger partial charge in [-0.1, -0.05) is 30.3 Å². The molecule has 0 saturated heterocycles. The van der Waals surface area contributed by atoms with Crippen LogP contribution in [0.3, 0.4) is 0 Å². The molecular formula is C18H18N2O3. The van der Waals surface area contributed by atoms with Crippen molar-refractivity contribution in [1.82, 2.24) is 5.32 Å².